The second-order valence-corrected chi connectivity index (χ2v) is 6.60. The molecule has 0 amide bonds. The zero-order valence-corrected chi connectivity index (χ0v) is 13.5. The Hall–Kier alpha value is -0.960. The number of halogens is 1. The van der Waals surface area contributed by atoms with Crippen molar-refractivity contribution in [2.75, 3.05) is 0 Å². The fourth-order valence-electron chi connectivity index (χ4n) is 2.00. The maximum atomic E-state index is 6.36. The summed E-state index contributed by atoms with van der Waals surface area (Å²) < 4.78 is 0. The van der Waals surface area contributed by atoms with Gasteiger partial charge in [-0.1, -0.05) is 54.0 Å². The van der Waals surface area contributed by atoms with Crippen LogP contribution < -0.4 is 5.73 Å². The van der Waals surface area contributed by atoms with Gasteiger partial charge in [0.25, 0.3) is 0 Å². The van der Waals surface area contributed by atoms with Crippen molar-refractivity contribution >= 4 is 23.4 Å². The molecule has 3 heteroatoms. The predicted molar refractivity (Wildman–Crippen MR) is 88.7 cm³/mol. The third kappa shape index (κ3) is 4.27. The van der Waals surface area contributed by atoms with Crippen molar-refractivity contribution in [3.05, 3.63) is 58.6 Å². The van der Waals surface area contributed by atoms with E-state index in [0.717, 1.165) is 28.3 Å². The Morgan fingerprint density at radius 2 is 1.90 bits per heavy atom. The Bertz CT molecular complexity index is 583. The fourth-order valence-corrected chi connectivity index (χ4v) is 3.30. The Morgan fingerprint density at radius 3 is 2.55 bits per heavy atom. The number of benzene rings is 2. The van der Waals surface area contributed by atoms with E-state index in [1.54, 1.807) is 11.8 Å². The zero-order valence-electron chi connectivity index (χ0n) is 11.9. The van der Waals surface area contributed by atoms with Gasteiger partial charge < -0.3 is 5.73 Å². The van der Waals surface area contributed by atoms with E-state index in [9.17, 15) is 0 Å². The second-order valence-electron chi connectivity index (χ2n) is 5.04. The van der Waals surface area contributed by atoms with Gasteiger partial charge in [-0.15, -0.1) is 0 Å². The molecule has 0 bridgehead atoms. The van der Waals surface area contributed by atoms with Gasteiger partial charge in [-0.2, -0.15) is 0 Å². The highest BCUT2D eigenvalue weighted by atomic mass is 35.5. The average molecular weight is 306 g/mol. The highest BCUT2D eigenvalue weighted by molar-refractivity contribution is 7.99. The van der Waals surface area contributed by atoms with Crippen LogP contribution in [0.5, 0.6) is 0 Å². The molecule has 0 aliphatic heterocycles. The molecule has 0 aliphatic rings. The summed E-state index contributed by atoms with van der Waals surface area (Å²) in [4.78, 5) is 2.40. The molecule has 1 nitrogen and oxygen atoms in total. The van der Waals surface area contributed by atoms with Crippen molar-refractivity contribution < 1.29 is 0 Å². The van der Waals surface area contributed by atoms with E-state index < -0.39 is 0 Å². The van der Waals surface area contributed by atoms with Gasteiger partial charge in [0.1, 0.15) is 0 Å². The topological polar surface area (TPSA) is 26.0 Å². The van der Waals surface area contributed by atoms with Gasteiger partial charge in [-0.25, -0.2) is 0 Å². The van der Waals surface area contributed by atoms with E-state index in [0.29, 0.717) is 0 Å². The van der Waals surface area contributed by atoms with E-state index in [1.807, 2.05) is 6.07 Å². The first-order valence-electron chi connectivity index (χ1n) is 6.87. The van der Waals surface area contributed by atoms with Crippen molar-refractivity contribution in [1.29, 1.82) is 0 Å². The van der Waals surface area contributed by atoms with Crippen molar-refractivity contribution in [3.63, 3.8) is 0 Å². The molecular weight excluding hydrogens is 286 g/mol. The van der Waals surface area contributed by atoms with Crippen LogP contribution in [0.4, 0.5) is 0 Å². The van der Waals surface area contributed by atoms with Gasteiger partial charge in [-0.3, -0.25) is 0 Å². The van der Waals surface area contributed by atoms with Crippen molar-refractivity contribution in [2.24, 2.45) is 5.73 Å². The van der Waals surface area contributed by atoms with E-state index >= 15 is 0 Å². The lowest BCUT2D eigenvalue weighted by atomic mass is 10.1. The molecule has 0 saturated carbocycles. The largest absolute Gasteiger partial charge is 0.327 e. The molecule has 106 valence electrons. The van der Waals surface area contributed by atoms with Crippen LogP contribution in [0.1, 0.15) is 24.5 Å². The maximum Gasteiger partial charge on any atom is 0.0449 e. The summed E-state index contributed by atoms with van der Waals surface area (Å²) >= 11 is 8.09. The predicted octanol–water partition coefficient (Wildman–Crippen LogP) is 5.08. The molecule has 2 N–H and O–H groups in total. The number of nitrogens with two attached hydrogens (primary N) is 1. The molecule has 0 radical (unpaired) electrons. The van der Waals surface area contributed by atoms with Gasteiger partial charge in [-0.05, 0) is 49.6 Å². The lowest BCUT2D eigenvalue weighted by Crippen LogP contribution is -2.21. The summed E-state index contributed by atoms with van der Waals surface area (Å²) in [6.07, 6.45) is 1.81. The molecule has 2 aromatic carbocycles. The Kier molecular flexibility index (Phi) is 5.53. The van der Waals surface area contributed by atoms with Crippen LogP contribution >= 0.6 is 23.4 Å². The van der Waals surface area contributed by atoms with Crippen LogP contribution in [-0.4, -0.2) is 6.04 Å². The van der Waals surface area contributed by atoms with Crippen LogP contribution in [-0.2, 0) is 6.42 Å². The molecule has 0 aromatic heterocycles. The third-order valence-corrected chi connectivity index (χ3v) is 4.59. The Morgan fingerprint density at radius 1 is 1.15 bits per heavy atom. The highest BCUT2D eigenvalue weighted by Gasteiger charge is 2.07. The van der Waals surface area contributed by atoms with Crippen LogP contribution in [0, 0.1) is 6.92 Å². The molecule has 2 rings (SSSR count). The quantitative estimate of drug-likeness (QED) is 0.833. The molecule has 0 aliphatic carbocycles. The number of hydrogen-bond acceptors (Lipinski definition) is 2. The van der Waals surface area contributed by atoms with Gasteiger partial charge in [0, 0.05) is 20.9 Å². The first-order valence-corrected chi connectivity index (χ1v) is 8.06. The van der Waals surface area contributed by atoms with Crippen molar-refractivity contribution in [3.8, 4) is 0 Å². The highest BCUT2D eigenvalue weighted by Crippen LogP contribution is 2.31. The molecule has 0 spiro atoms. The van der Waals surface area contributed by atoms with E-state index in [4.69, 9.17) is 17.3 Å². The van der Waals surface area contributed by atoms with Gasteiger partial charge >= 0.3 is 0 Å². The van der Waals surface area contributed by atoms with Gasteiger partial charge in [0.15, 0.2) is 0 Å². The van der Waals surface area contributed by atoms with Crippen LogP contribution in [0.2, 0.25) is 5.02 Å². The first-order chi connectivity index (χ1) is 9.58. The van der Waals surface area contributed by atoms with E-state index in [-0.39, 0.29) is 6.04 Å². The van der Waals surface area contributed by atoms with E-state index in [1.165, 1.54) is 10.5 Å². The monoisotopic (exact) mass is 305 g/mol. The normalized spacial score (nSPS) is 12.4. The van der Waals surface area contributed by atoms with E-state index in [2.05, 4.69) is 50.2 Å². The smallest absolute Gasteiger partial charge is 0.0449 e. The SMILES string of the molecule is CCC(N)Cc1ccc(Sc2cccc(C)c2)cc1Cl. The zero-order chi connectivity index (χ0) is 14.5. The minimum atomic E-state index is 0.183. The van der Waals surface area contributed by atoms with Crippen LogP contribution in [0.3, 0.4) is 0 Å². The minimum absolute atomic E-state index is 0.183. The first kappa shape index (κ1) is 15.4. The molecule has 1 atom stereocenters. The molecule has 20 heavy (non-hydrogen) atoms. The number of aryl methyl sites for hydroxylation is 1. The number of hydrogen-bond donors (Lipinski definition) is 1. The van der Waals surface area contributed by atoms with Gasteiger partial charge in [0.2, 0.25) is 0 Å². The van der Waals surface area contributed by atoms with Crippen LogP contribution in [0.25, 0.3) is 0 Å². The Labute approximate surface area is 130 Å². The van der Waals surface area contributed by atoms with Crippen molar-refractivity contribution in [1.82, 2.24) is 0 Å². The summed E-state index contributed by atoms with van der Waals surface area (Å²) in [6, 6.07) is 14.9. The molecular formula is C17H20ClNS. The lowest BCUT2D eigenvalue weighted by Gasteiger charge is -2.11. The standard InChI is InChI=1S/C17H20ClNS/c1-3-14(19)10-13-7-8-16(11-17(13)18)20-15-6-4-5-12(2)9-15/h4-9,11,14H,3,10,19H2,1-2H3. The number of rotatable bonds is 5. The molecule has 0 saturated heterocycles. The summed E-state index contributed by atoms with van der Waals surface area (Å²) in [7, 11) is 0. The third-order valence-electron chi connectivity index (χ3n) is 3.26. The molecule has 0 fully saturated rings. The maximum absolute atomic E-state index is 6.36. The van der Waals surface area contributed by atoms with Gasteiger partial charge in [0.05, 0.1) is 0 Å². The lowest BCUT2D eigenvalue weighted by molar-refractivity contribution is 0.646. The average Bonchev–Trinajstić information content (AvgIpc) is 2.41. The minimum Gasteiger partial charge on any atom is -0.327 e. The summed E-state index contributed by atoms with van der Waals surface area (Å²) in [6.45, 7) is 4.20. The molecule has 1 unspecified atom stereocenters. The second kappa shape index (κ2) is 7.16. The molecule has 0 heterocycles. The fraction of sp³-hybridized carbons (Fsp3) is 0.294. The summed E-state index contributed by atoms with van der Waals surface area (Å²) in [5.74, 6) is 0. The van der Waals surface area contributed by atoms with Crippen molar-refractivity contribution in [2.45, 2.75) is 42.5 Å². The summed E-state index contributed by atoms with van der Waals surface area (Å²) in [5.41, 5.74) is 8.39. The van der Waals surface area contributed by atoms with Crippen LogP contribution in [0.15, 0.2) is 52.3 Å². The molecule has 2 aromatic rings. The summed E-state index contributed by atoms with van der Waals surface area (Å²) in [5, 5.41) is 0.812. The Balaban J connectivity index is 2.13.